The van der Waals surface area contributed by atoms with Gasteiger partial charge in [0.2, 0.25) is 0 Å². The Labute approximate surface area is 131 Å². The molecule has 3 heteroatoms. The second kappa shape index (κ2) is 8.16. The maximum Gasteiger partial charge on any atom is 0.127 e. The summed E-state index contributed by atoms with van der Waals surface area (Å²) < 4.78 is 13.8. The molecule has 0 aliphatic heterocycles. The lowest BCUT2D eigenvalue weighted by Crippen LogP contribution is -2.28. The van der Waals surface area contributed by atoms with Crippen molar-refractivity contribution < 1.29 is 4.39 Å². The van der Waals surface area contributed by atoms with Gasteiger partial charge in [-0.2, -0.15) is 0 Å². The highest BCUT2D eigenvalue weighted by Crippen LogP contribution is 2.21. The molecule has 0 saturated carbocycles. The fourth-order valence-electron chi connectivity index (χ4n) is 2.52. The van der Waals surface area contributed by atoms with E-state index in [9.17, 15) is 4.39 Å². The van der Waals surface area contributed by atoms with Crippen LogP contribution >= 0.6 is 11.6 Å². The van der Waals surface area contributed by atoms with E-state index in [1.54, 1.807) is 12.1 Å². The highest BCUT2D eigenvalue weighted by atomic mass is 35.5. The molecule has 1 unspecified atom stereocenters. The van der Waals surface area contributed by atoms with Crippen molar-refractivity contribution in [1.82, 2.24) is 5.32 Å². The minimum atomic E-state index is -0.217. The molecule has 0 aliphatic rings. The predicted molar refractivity (Wildman–Crippen MR) is 87.3 cm³/mol. The Morgan fingerprint density at radius 3 is 2.52 bits per heavy atom. The van der Waals surface area contributed by atoms with Crippen molar-refractivity contribution in [1.29, 1.82) is 0 Å². The summed E-state index contributed by atoms with van der Waals surface area (Å²) in [5.41, 5.74) is 1.95. The van der Waals surface area contributed by atoms with Crippen LogP contribution in [0.2, 0.25) is 5.02 Å². The molecule has 0 heterocycles. The maximum absolute atomic E-state index is 13.8. The van der Waals surface area contributed by atoms with E-state index in [0.717, 1.165) is 19.3 Å². The fraction of sp³-hybridized carbons (Fsp3) is 0.333. The molecule has 0 spiro atoms. The Hall–Kier alpha value is -1.38. The van der Waals surface area contributed by atoms with Crippen molar-refractivity contribution in [2.24, 2.45) is 0 Å². The average molecular weight is 306 g/mol. The van der Waals surface area contributed by atoms with Crippen LogP contribution < -0.4 is 5.32 Å². The molecule has 0 aromatic heterocycles. The van der Waals surface area contributed by atoms with Gasteiger partial charge in [-0.15, -0.1) is 0 Å². The van der Waals surface area contributed by atoms with Crippen molar-refractivity contribution >= 4 is 11.6 Å². The Kier molecular flexibility index (Phi) is 6.21. The van der Waals surface area contributed by atoms with Crippen LogP contribution in [0.25, 0.3) is 0 Å². The smallest absolute Gasteiger partial charge is 0.127 e. The Morgan fingerprint density at radius 2 is 1.86 bits per heavy atom. The van der Waals surface area contributed by atoms with Gasteiger partial charge in [0.05, 0.1) is 0 Å². The summed E-state index contributed by atoms with van der Waals surface area (Å²) in [6, 6.07) is 15.5. The monoisotopic (exact) mass is 305 g/mol. The van der Waals surface area contributed by atoms with Gasteiger partial charge in [0.25, 0.3) is 0 Å². The molecule has 1 atom stereocenters. The van der Waals surface area contributed by atoms with Crippen LogP contribution in [-0.2, 0) is 12.8 Å². The van der Waals surface area contributed by atoms with Crippen LogP contribution in [0, 0.1) is 5.82 Å². The van der Waals surface area contributed by atoms with Crippen LogP contribution in [0.4, 0.5) is 4.39 Å². The molecule has 2 rings (SSSR count). The summed E-state index contributed by atoms with van der Waals surface area (Å²) in [5, 5.41) is 3.78. The molecule has 0 amide bonds. The van der Waals surface area contributed by atoms with Crippen molar-refractivity contribution in [3.05, 3.63) is 70.5 Å². The average Bonchev–Trinajstić information content (AvgIpc) is 2.50. The van der Waals surface area contributed by atoms with Gasteiger partial charge in [0, 0.05) is 16.6 Å². The lowest BCUT2D eigenvalue weighted by Gasteiger charge is -2.17. The van der Waals surface area contributed by atoms with Crippen LogP contribution in [0.3, 0.4) is 0 Å². The fourth-order valence-corrected chi connectivity index (χ4v) is 2.76. The van der Waals surface area contributed by atoms with Crippen LogP contribution in [0.1, 0.15) is 24.0 Å². The van der Waals surface area contributed by atoms with Crippen LogP contribution in [0.15, 0.2) is 48.5 Å². The number of halogens is 2. The first-order valence-corrected chi connectivity index (χ1v) is 7.72. The number of rotatable bonds is 7. The molecule has 112 valence electrons. The number of hydrogen-bond acceptors (Lipinski definition) is 1. The van der Waals surface area contributed by atoms with E-state index in [0.29, 0.717) is 17.0 Å². The third-order valence-corrected chi connectivity index (χ3v) is 4.14. The molecular weight excluding hydrogens is 285 g/mol. The highest BCUT2D eigenvalue weighted by Gasteiger charge is 2.13. The second-order valence-electron chi connectivity index (χ2n) is 5.27. The molecule has 21 heavy (non-hydrogen) atoms. The van der Waals surface area contributed by atoms with Crippen molar-refractivity contribution in [3.8, 4) is 0 Å². The van der Waals surface area contributed by atoms with Gasteiger partial charge in [-0.3, -0.25) is 0 Å². The zero-order chi connectivity index (χ0) is 15.1. The van der Waals surface area contributed by atoms with E-state index in [1.807, 2.05) is 13.1 Å². The molecule has 1 nitrogen and oxygen atoms in total. The summed E-state index contributed by atoms with van der Waals surface area (Å²) >= 11 is 6.09. The molecule has 1 N–H and O–H groups in total. The quantitative estimate of drug-likeness (QED) is 0.786. The zero-order valence-corrected chi connectivity index (χ0v) is 13.0. The van der Waals surface area contributed by atoms with Gasteiger partial charge in [0.1, 0.15) is 5.82 Å². The largest absolute Gasteiger partial charge is 0.317 e. The number of hydrogen-bond donors (Lipinski definition) is 1. The molecule has 2 aromatic carbocycles. The minimum Gasteiger partial charge on any atom is -0.317 e. The van der Waals surface area contributed by atoms with Gasteiger partial charge in [-0.25, -0.2) is 4.39 Å². The lowest BCUT2D eigenvalue weighted by molar-refractivity contribution is 0.490. The molecule has 0 bridgehead atoms. The topological polar surface area (TPSA) is 12.0 Å². The normalized spacial score (nSPS) is 12.3. The Bertz CT molecular complexity index is 536. The number of benzene rings is 2. The standard InChI is InChI=1S/C18H21ClFN/c1-21-15(10-5-9-14-7-3-2-4-8-14)13-16-17(19)11-6-12-18(16)20/h2-4,6-8,11-12,15,21H,5,9-10,13H2,1H3. The summed E-state index contributed by atoms with van der Waals surface area (Å²) in [4.78, 5) is 0. The zero-order valence-electron chi connectivity index (χ0n) is 12.3. The Balaban J connectivity index is 1.89. The van der Waals surface area contributed by atoms with Crippen molar-refractivity contribution in [2.45, 2.75) is 31.7 Å². The van der Waals surface area contributed by atoms with Gasteiger partial charge in [-0.05, 0) is 50.4 Å². The number of likely N-dealkylation sites (N-methyl/N-ethyl adjacent to an activating group) is 1. The molecular formula is C18H21ClFN. The van der Waals surface area contributed by atoms with Gasteiger partial charge >= 0.3 is 0 Å². The van der Waals surface area contributed by atoms with E-state index in [-0.39, 0.29) is 11.9 Å². The summed E-state index contributed by atoms with van der Waals surface area (Å²) in [6.07, 6.45) is 3.73. The first kappa shape index (κ1) is 16.0. The third-order valence-electron chi connectivity index (χ3n) is 3.78. The van der Waals surface area contributed by atoms with Crippen LogP contribution in [-0.4, -0.2) is 13.1 Å². The predicted octanol–water partition coefficient (Wildman–Crippen LogP) is 4.63. The van der Waals surface area contributed by atoms with E-state index in [2.05, 4.69) is 29.6 Å². The number of nitrogens with one attached hydrogen (secondary N) is 1. The van der Waals surface area contributed by atoms with Gasteiger partial charge < -0.3 is 5.32 Å². The van der Waals surface area contributed by atoms with Crippen molar-refractivity contribution in [2.75, 3.05) is 7.05 Å². The second-order valence-corrected chi connectivity index (χ2v) is 5.67. The summed E-state index contributed by atoms with van der Waals surface area (Å²) in [7, 11) is 1.92. The van der Waals surface area contributed by atoms with Gasteiger partial charge in [-0.1, -0.05) is 48.0 Å². The number of aryl methyl sites for hydroxylation is 1. The highest BCUT2D eigenvalue weighted by molar-refractivity contribution is 6.31. The summed E-state index contributed by atoms with van der Waals surface area (Å²) in [5.74, 6) is -0.217. The molecule has 0 aliphatic carbocycles. The minimum absolute atomic E-state index is 0.217. The SMILES string of the molecule is CNC(CCCc1ccccc1)Cc1c(F)cccc1Cl. The molecule has 0 radical (unpaired) electrons. The summed E-state index contributed by atoms with van der Waals surface area (Å²) in [6.45, 7) is 0. The lowest BCUT2D eigenvalue weighted by atomic mass is 9.99. The third kappa shape index (κ3) is 4.83. The van der Waals surface area contributed by atoms with E-state index >= 15 is 0 Å². The molecule has 2 aromatic rings. The molecule has 0 saturated heterocycles. The first-order chi connectivity index (χ1) is 10.2. The van der Waals surface area contributed by atoms with Crippen molar-refractivity contribution in [3.63, 3.8) is 0 Å². The Morgan fingerprint density at radius 1 is 1.10 bits per heavy atom. The van der Waals surface area contributed by atoms with Gasteiger partial charge in [0.15, 0.2) is 0 Å². The first-order valence-electron chi connectivity index (χ1n) is 7.34. The van der Waals surface area contributed by atoms with E-state index in [4.69, 9.17) is 11.6 Å². The van der Waals surface area contributed by atoms with E-state index < -0.39 is 0 Å². The van der Waals surface area contributed by atoms with Crippen LogP contribution in [0.5, 0.6) is 0 Å². The molecule has 0 fully saturated rings. The maximum atomic E-state index is 13.8. The van der Waals surface area contributed by atoms with E-state index in [1.165, 1.54) is 11.6 Å².